The Bertz CT molecular complexity index is 128. The van der Waals surface area contributed by atoms with Gasteiger partial charge in [0.15, 0.2) is 0 Å². The van der Waals surface area contributed by atoms with Crippen molar-refractivity contribution in [1.82, 2.24) is 0 Å². The molecule has 0 aromatic rings. The molecule has 0 aliphatic rings. The van der Waals surface area contributed by atoms with Crippen LogP contribution in [0.1, 0.15) is 40.0 Å². The molecule has 0 fully saturated rings. The number of unbranched alkanes of at least 4 members (excludes halogenated alkanes) is 2. The van der Waals surface area contributed by atoms with Gasteiger partial charge in [-0.2, -0.15) is 0 Å². The third-order valence-corrected chi connectivity index (χ3v) is 2.74. The summed E-state index contributed by atoms with van der Waals surface area (Å²) in [4.78, 5) is 0. The van der Waals surface area contributed by atoms with Crippen molar-refractivity contribution >= 4 is 11.8 Å². The van der Waals surface area contributed by atoms with Crippen molar-refractivity contribution in [3.63, 3.8) is 0 Å². The van der Waals surface area contributed by atoms with Crippen LogP contribution in [0.5, 0.6) is 0 Å². The maximum atomic E-state index is 5.26. The second-order valence-electron chi connectivity index (χ2n) is 3.32. The lowest BCUT2D eigenvalue weighted by Crippen LogP contribution is -1.93. The standard InChI is InChI=1S/C11H22OS/c1-4-12-8-6-5-7-9-13-10-11(2)3/h10H,4-9H2,1-3H3. The minimum Gasteiger partial charge on any atom is -0.382 e. The molecule has 0 unspecified atom stereocenters. The summed E-state index contributed by atoms with van der Waals surface area (Å²) in [7, 11) is 0. The van der Waals surface area contributed by atoms with Gasteiger partial charge < -0.3 is 4.74 Å². The van der Waals surface area contributed by atoms with Gasteiger partial charge in [-0.05, 0) is 44.8 Å². The molecule has 2 heteroatoms. The zero-order valence-corrected chi connectivity index (χ0v) is 9.95. The SMILES string of the molecule is CCOCCCCCSC=C(C)C. The van der Waals surface area contributed by atoms with Gasteiger partial charge in [-0.3, -0.25) is 0 Å². The molecule has 0 aliphatic heterocycles. The molecule has 0 aliphatic carbocycles. The Hall–Kier alpha value is 0.0500. The lowest BCUT2D eigenvalue weighted by molar-refractivity contribution is 0.143. The van der Waals surface area contributed by atoms with Crippen molar-refractivity contribution in [3.05, 3.63) is 11.0 Å². The fourth-order valence-corrected chi connectivity index (χ4v) is 1.76. The maximum Gasteiger partial charge on any atom is 0.0465 e. The fourth-order valence-electron chi connectivity index (χ4n) is 0.936. The third-order valence-electron chi connectivity index (χ3n) is 1.57. The van der Waals surface area contributed by atoms with Crippen LogP contribution in [0.15, 0.2) is 11.0 Å². The van der Waals surface area contributed by atoms with Crippen molar-refractivity contribution < 1.29 is 4.74 Å². The van der Waals surface area contributed by atoms with Crippen molar-refractivity contribution in [3.8, 4) is 0 Å². The molecule has 0 heterocycles. The quantitative estimate of drug-likeness (QED) is 0.553. The first-order chi connectivity index (χ1) is 6.27. The minimum absolute atomic E-state index is 0.854. The van der Waals surface area contributed by atoms with Crippen LogP contribution >= 0.6 is 11.8 Å². The molecule has 0 bridgehead atoms. The monoisotopic (exact) mass is 202 g/mol. The first-order valence-corrected chi connectivity index (χ1v) is 6.15. The predicted molar refractivity (Wildman–Crippen MR) is 62.2 cm³/mol. The van der Waals surface area contributed by atoms with E-state index in [-0.39, 0.29) is 0 Å². The van der Waals surface area contributed by atoms with Gasteiger partial charge in [0.2, 0.25) is 0 Å². The van der Waals surface area contributed by atoms with Gasteiger partial charge >= 0.3 is 0 Å². The van der Waals surface area contributed by atoms with E-state index >= 15 is 0 Å². The minimum atomic E-state index is 0.854. The van der Waals surface area contributed by atoms with E-state index in [0.717, 1.165) is 13.2 Å². The molecule has 1 nitrogen and oxygen atoms in total. The highest BCUT2D eigenvalue weighted by Crippen LogP contribution is 2.10. The van der Waals surface area contributed by atoms with E-state index in [0.29, 0.717) is 0 Å². The van der Waals surface area contributed by atoms with Crippen LogP contribution in [-0.4, -0.2) is 19.0 Å². The van der Waals surface area contributed by atoms with Crippen LogP contribution in [0, 0.1) is 0 Å². The van der Waals surface area contributed by atoms with E-state index in [4.69, 9.17) is 4.74 Å². The van der Waals surface area contributed by atoms with E-state index in [1.54, 1.807) is 0 Å². The number of hydrogen-bond donors (Lipinski definition) is 0. The molecule has 0 saturated carbocycles. The predicted octanol–water partition coefficient (Wildman–Crippen LogP) is 3.85. The topological polar surface area (TPSA) is 9.23 Å². The lowest BCUT2D eigenvalue weighted by Gasteiger charge is -2.00. The van der Waals surface area contributed by atoms with Crippen molar-refractivity contribution in [2.75, 3.05) is 19.0 Å². The largest absolute Gasteiger partial charge is 0.382 e. The molecular formula is C11H22OS. The molecular weight excluding hydrogens is 180 g/mol. The van der Waals surface area contributed by atoms with Crippen LogP contribution in [0.4, 0.5) is 0 Å². The molecule has 0 atom stereocenters. The maximum absolute atomic E-state index is 5.26. The van der Waals surface area contributed by atoms with E-state index in [9.17, 15) is 0 Å². The van der Waals surface area contributed by atoms with Crippen molar-refractivity contribution in [2.24, 2.45) is 0 Å². The number of allylic oxidation sites excluding steroid dienone is 1. The number of hydrogen-bond acceptors (Lipinski definition) is 2. The smallest absolute Gasteiger partial charge is 0.0465 e. The summed E-state index contributed by atoms with van der Waals surface area (Å²) in [5.74, 6) is 1.25. The molecule has 78 valence electrons. The van der Waals surface area contributed by atoms with Gasteiger partial charge in [0.25, 0.3) is 0 Å². The second-order valence-corrected chi connectivity index (χ2v) is 4.30. The molecule has 0 N–H and O–H groups in total. The molecule has 0 amide bonds. The van der Waals surface area contributed by atoms with Crippen molar-refractivity contribution in [1.29, 1.82) is 0 Å². The van der Waals surface area contributed by atoms with E-state index < -0.39 is 0 Å². The Labute approximate surface area is 86.9 Å². The number of rotatable bonds is 8. The Morgan fingerprint density at radius 3 is 2.62 bits per heavy atom. The number of ether oxygens (including phenoxy) is 1. The summed E-state index contributed by atoms with van der Waals surface area (Å²) in [6.07, 6.45) is 3.81. The average Bonchev–Trinajstić information content (AvgIpc) is 2.09. The highest BCUT2D eigenvalue weighted by atomic mass is 32.2. The Morgan fingerprint density at radius 1 is 1.23 bits per heavy atom. The van der Waals surface area contributed by atoms with Gasteiger partial charge in [0, 0.05) is 13.2 Å². The molecule has 13 heavy (non-hydrogen) atoms. The molecule has 0 rings (SSSR count). The summed E-state index contributed by atoms with van der Waals surface area (Å²) >= 11 is 1.92. The van der Waals surface area contributed by atoms with Gasteiger partial charge in [-0.1, -0.05) is 12.0 Å². The first-order valence-electron chi connectivity index (χ1n) is 5.10. The van der Waals surface area contributed by atoms with Crippen LogP contribution < -0.4 is 0 Å². The Balaban J connectivity index is 2.96. The van der Waals surface area contributed by atoms with Gasteiger partial charge in [-0.15, -0.1) is 11.8 Å². The zero-order chi connectivity index (χ0) is 9.94. The number of thioether (sulfide) groups is 1. The van der Waals surface area contributed by atoms with Gasteiger partial charge in [0.1, 0.15) is 0 Å². The second kappa shape index (κ2) is 10.1. The third kappa shape index (κ3) is 12.1. The summed E-state index contributed by atoms with van der Waals surface area (Å²) in [6.45, 7) is 8.12. The van der Waals surface area contributed by atoms with Gasteiger partial charge in [0.05, 0.1) is 0 Å². The molecule has 0 saturated heterocycles. The van der Waals surface area contributed by atoms with Crippen LogP contribution in [0.25, 0.3) is 0 Å². The highest BCUT2D eigenvalue weighted by molar-refractivity contribution is 8.02. The van der Waals surface area contributed by atoms with Gasteiger partial charge in [-0.25, -0.2) is 0 Å². The summed E-state index contributed by atoms with van der Waals surface area (Å²) in [5.41, 5.74) is 1.40. The zero-order valence-electron chi connectivity index (χ0n) is 9.14. The lowest BCUT2D eigenvalue weighted by atomic mass is 10.3. The van der Waals surface area contributed by atoms with Crippen molar-refractivity contribution in [2.45, 2.75) is 40.0 Å². The Kier molecular flexibility index (Phi) is 10.2. The summed E-state index contributed by atoms with van der Waals surface area (Å²) in [6, 6.07) is 0. The van der Waals surface area contributed by atoms with E-state index in [2.05, 4.69) is 19.3 Å². The van der Waals surface area contributed by atoms with E-state index in [1.165, 1.54) is 30.6 Å². The highest BCUT2D eigenvalue weighted by Gasteiger charge is 1.89. The molecule has 0 radical (unpaired) electrons. The Morgan fingerprint density at radius 2 is 2.00 bits per heavy atom. The van der Waals surface area contributed by atoms with Crippen LogP contribution in [0.2, 0.25) is 0 Å². The fraction of sp³-hybridized carbons (Fsp3) is 0.818. The molecule has 0 aromatic carbocycles. The first kappa shape index (κ1) is 13.1. The van der Waals surface area contributed by atoms with Crippen LogP contribution in [0.3, 0.4) is 0 Å². The normalized spacial score (nSPS) is 10.1. The molecule has 0 spiro atoms. The summed E-state index contributed by atoms with van der Waals surface area (Å²) < 4.78 is 5.26. The van der Waals surface area contributed by atoms with E-state index in [1.807, 2.05) is 18.7 Å². The average molecular weight is 202 g/mol. The molecule has 0 aromatic heterocycles. The van der Waals surface area contributed by atoms with Crippen LogP contribution in [-0.2, 0) is 4.74 Å². The summed E-state index contributed by atoms with van der Waals surface area (Å²) in [5, 5.41) is 2.24.